The molecule has 9 nitrogen and oxygen atoms in total. The fourth-order valence-corrected chi connectivity index (χ4v) is 1.28. The number of esters is 1. The molecular formula is C12H22N4O5S. The molecule has 22 heavy (non-hydrogen) atoms. The minimum Gasteiger partial charge on any atom is -0.463 e. The first-order valence-electron chi connectivity index (χ1n) is 6.52. The summed E-state index contributed by atoms with van der Waals surface area (Å²) in [4.78, 5) is 46.8. The van der Waals surface area contributed by atoms with Crippen LogP contribution < -0.4 is 16.8 Å². The van der Waals surface area contributed by atoms with E-state index in [1.54, 1.807) is 6.92 Å². The normalized spacial score (nSPS) is 13.0. The Morgan fingerprint density at radius 2 is 1.91 bits per heavy atom. The van der Waals surface area contributed by atoms with Crippen LogP contribution in [0, 0.1) is 0 Å². The van der Waals surface area contributed by atoms with Crippen LogP contribution in [-0.4, -0.2) is 73.0 Å². The first-order chi connectivity index (χ1) is 10.2. The summed E-state index contributed by atoms with van der Waals surface area (Å²) in [5.41, 5.74) is 10.5. The van der Waals surface area contributed by atoms with Gasteiger partial charge < -0.3 is 26.4 Å². The zero-order valence-electron chi connectivity index (χ0n) is 12.6. The van der Waals surface area contributed by atoms with E-state index < -0.39 is 29.1 Å². The van der Waals surface area contributed by atoms with E-state index in [0.29, 0.717) is 0 Å². The molecule has 0 bridgehead atoms. The first kappa shape index (κ1) is 20.3. The summed E-state index contributed by atoms with van der Waals surface area (Å²) in [7, 11) is 1.44. The molecule has 5 N–H and O–H groups in total. The van der Waals surface area contributed by atoms with Gasteiger partial charge in [-0.3, -0.25) is 19.2 Å². The van der Waals surface area contributed by atoms with Crippen LogP contribution in [-0.2, 0) is 23.9 Å². The highest BCUT2D eigenvalue weighted by Gasteiger charge is 2.19. The number of nitrogens with one attached hydrogen (secondary N) is 1. The fourth-order valence-electron chi connectivity index (χ4n) is 1.20. The van der Waals surface area contributed by atoms with Crippen molar-refractivity contribution in [1.82, 2.24) is 10.2 Å². The summed E-state index contributed by atoms with van der Waals surface area (Å²) >= 11 is 3.97. The molecule has 2 amide bonds. The summed E-state index contributed by atoms with van der Waals surface area (Å²) in [5.74, 6) is -2.00. The van der Waals surface area contributed by atoms with Crippen molar-refractivity contribution in [3.05, 3.63) is 0 Å². The molecule has 10 heteroatoms. The molecule has 0 aromatic rings. The Bertz CT molecular complexity index is 430. The third kappa shape index (κ3) is 7.96. The fraction of sp³-hybridized carbons (Fsp3) is 0.667. The maximum Gasteiger partial charge on any atom is 0.319 e. The lowest BCUT2D eigenvalue weighted by molar-refractivity contribution is -0.143. The van der Waals surface area contributed by atoms with Crippen molar-refractivity contribution < 1.29 is 23.9 Å². The number of nitrogens with two attached hydrogens (primary N) is 2. The second-order valence-corrected chi connectivity index (χ2v) is 5.38. The number of hydrogen-bond acceptors (Lipinski definition) is 8. The van der Waals surface area contributed by atoms with E-state index in [1.165, 1.54) is 11.9 Å². The van der Waals surface area contributed by atoms with Crippen molar-refractivity contribution in [2.75, 3.05) is 33.3 Å². The predicted molar refractivity (Wildman–Crippen MR) is 82.1 cm³/mol. The SMILES string of the molecule is CC(S)C(=O)CN(C)C(=O)CNC(=O)[C@@H](N)COC(=O)CN. The highest BCUT2D eigenvalue weighted by Crippen LogP contribution is 1.96. The summed E-state index contributed by atoms with van der Waals surface area (Å²) in [6.07, 6.45) is 0. The van der Waals surface area contributed by atoms with Gasteiger partial charge in [-0.1, -0.05) is 0 Å². The van der Waals surface area contributed by atoms with E-state index in [2.05, 4.69) is 22.7 Å². The Balaban J connectivity index is 4.14. The number of thiol groups is 1. The molecule has 0 aliphatic carbocycles. The van der Waals surface area contributed by atoms with Gasteiger partial charge in [-0.2, -0.15) is 12.6 Å². The monoisotopic (exact) mass is 334 g/mol. The molecule has 0 spiro atoms. The van der Waals surface area contributed by atoms with E-state index in [0.717, 1.165) is 0 Å². The van der Waals surface area contributed by atoms with Gasteiger partial charge in [-0.25, -0.2) is 0 Å². The molecule has 0 fully saturated rings. The van der Waals surface area contributed by atoms with Gasteiger partial charge in [0.2, 0.25) is 11.8 Å². The second kappa shape index (κ2) is 10.1. The van der Waals surface area contributed by atoms with Gasteiger partial charge in [-0.15, -0.1) is 0 Å². The van der Waals surface area contributed by atoms with Crippen molar-refractivity contribution >= 4 is 36.2 Å². The average molecular weight is 334 g/mol. The third-order valence-electron chi connectivity index (χ3n) is 2.63. The number of hydrogen-bond donors (Lipinski definition) is 4. The number of ketones is 1. The van der Waals surface area contributed by atoms with Crippen LogP contribution in [0.25, 0.3) is 0 Å². The molecule has 1 unspecified atom stereocenters. The van der Waals surface area contributed by atoms with Crippen LogP contribution in [0.3, 0.4) is 0 Å². The molecule has 0 saturated heterocycles. The molecular weight excluding hydrogens is 312 g/mol. The maximum absolute atomic E-state index is 11.7. The Kier molecular flexibility index (Phi) is 9.38. The Morgan fingerprint density at radius 1 is 1.32 bits per heavy atom. The van der Waals surface area contributed by atoms with Crippen LogP contribution in [0.1, 0.15) is 6.92 Å². The molecule has 0 heterocycles. The van der Waals surface area contributed by atoms with Crippen LogP contribution >= 0.6 is 12.6 Å². The largest absolute Gasteiger partial charge is 0.463 e. The van der Waals surface area contributed by atoms with Crippen molar-refractivity contribution in [2.24, 2.45) is 11.5 Å². The van der Waals surface area contributed by atoms with Gasteiger partial charge >= 0.3 is 5.97 Å². The molecule has 0 aromatic carbocycles. The lowest BCUT2D eigenvalue weighted by atomic mass is 10.3. The minimum atomic E-state index is -1.10. The van der Waals surface area contributed by atoms with E-state index in [-0.39, 0.29) is 32.0 Å². The number of Topliss-reactive ketones (excluding diaryl/α,β-unsaturated/α-hetero) is 1. The van der Waals surface area contributed by atoms with E-state index >= 15 is 0 Å². The second-order valence-electron chi connectivity index (χ2n) is 4.60. The van der Waals surface area contributed by atoms with Crippen molar-refractivity contribution in [1.29, 1.82) is 0 Å². The molecule has 0 aliphatic rings. The molecule has 0 aliphatic heterocycles. The van der Waals surface area contributed by atoms with Gasteiger partial charge in [-0.05, 0) is 6.92 Å². The molecule has 126 valence electrons. The molecule has 0 radical (unpaired) electrons. The smallest absolute Gasteiger partial charge is 0.319 e. The van der Waals surface area contributed by atoms with Crippen LogP contribution in [0.2, 0.25) is 0 Å². The topological polar surface area (TPSA) is 145 Å². The highest BCUT2D eigenvalue weighted by atomic mass is 32.1. The third-order valence-corrected chi connectivity index (χ3v) is 2.91. The quantitative estimate of drug-likeness (QED) is 0.265. The lowest BCUT2D eigenvalue weighted by Crippen LogP contribution is -2.48. The molecule has 0 rings (SSSR count). The number of ether oxygens (including phenoxy) is 1. The number of rotatable bonds is 9. The Hall–Kier alpha value is -1.65. The molecule has 2 atom stereocenters. The van der Waals surface area contributed by atoms with Gasteiger partial charge in [0.05, 0.1) is 24.9 Å². The van der Waals surface area contributed by atoms with Gasteiger partial charge in [0, 0.05) is 7.05 Å². The standard InChI is InChI=1S/C12H22N4O5S/c1-7(22)9(17)5-16(2)10(18)4-15-12(20)8(14)6-21-11(19)3-13/h7-8,22H,3-6,13-14H2,1-2H3,(H,15,20)/t7?,8-/m0/s1. The summed E-state index contributed by atoms with van der Waals surface area (Å²) in [5, 5.41) is 1.82. The zero-order chi connectivity index (χ0) is 17.3. The van der Waals surface area contributed by atoms with Crippen molar-refractivity contribution in [3.8, 4) is 0 Å². The summed E-state index contributed by atoms with van der Waals surface area (Å²) in [6.45, 7) is 0.547. The Labute approximate surface area is 134 Å². The van der Waals surface area contributed by atoms with Crippen LogP contribution in [0.4, 0.5) is 0 Å². The summed E-state index contributed by atoms with van der Waals surface area (Å²) in [6, 6.07) is -1.10. The lowest BCUT2D eigenvalue weighted by Gasteiger charge is -2.18. The average Bonchev–Trinajstić information content (AvgIpc) is 2.48. The molecule has 0 aromatic heterocycles. The Morgan fingerprint density at radius 3 is 2.41 bits per heavy atom. The molecule has 0 saturated carbocycles. The van der Waals surface area contributed by atoms with Gasteiger partial charge in [0.1, 0.15) is 12.6 Å². The predicted octanol–water partition coefficient (Wildman–Crippen LogP) is -2.72. The van der Waals surface area contributed by atoms with E-state index in [9.17, 15) is 19.2 Å². The minimum absolute atomic E-state index is 0.0977. The highest BCUT2D eigenvalue weighted by molar-refractivity contribution is 7.81. The summed E-state index contributed by atoms with van der Waals surface area (Å²) < 4.78 is 4.61. The van der Waals surface area contributed by atoms with Crippen LogP contribution in [0.5, 0.6) is 0 Å². The number of carbonyl (C=O) groups is 4. The van der Waals surface area contributed by atoms with Gasteiger partial charge in [0.15, 0.2) is 5.78 Å². The number of amides is 2. The van der Waals surface area contributed by atoms with Crippen LogP contribution in [0.15, 0.2) is 0 Å². The van der Waals surface area contributed by atoms with E-state index in [4.69, 9.17) is 11.5 Å². The maximum atomic E-state index is 11.7. The zero-order valence-corrected chi connectivity index (χ0v) is 13.5. The number of carbonyl (C=O) groups excluding carboxylic acids is 4. The first-order valence-corrected chi connectivity index (χ1v) is 7.04. The van der Waals surface area contributed by atoms with Crippen molar-refractivity contribution in [2.45, 2.75) is 18.2 Å². The van der Waals surface area contributed by atoms with Gasteiger partial charge in [0.25, 0.3) is 0 Å². The number of nitrogens with zero attached hydrogens (tertiary/aromatic N) is 1. The van der Waals surface area contributed by atoms with Crippen molar-refractivity contribution in [3.63, 3.8) is 0 Å². The number of likely N-dealkylation sites (N-methyl/N-ethyl adjacent to an activating group) is 1. The van der Waals surface area contributed by atoms with E-state index in [1.807, 2.05) is 0 Å².